The molecule has 2 aromatic rings. The Kier molecular flexibility index (Phi) is 7.54. The maximum atomic E-state index is 12.5. The van der Waals surface area contributed by atoms with E-state index in [0.29, 0.717) is 23.7 Å². The smallest absolute Gasteiger partial charge is 0.329 e. The maximum Gasteiger partial charge on any atom is 0.329 e. The Morgan fingerprint density at radius 1 is 1.14 bits per heavy atom. The molecule has 0 aliphatic heterocycles. The van der Waals surface area contributed by atoms with Gasteiger partial charge in [-0.2, -0.15) is 4.98 Å². The third-order valence-corrected chi connectivity index (χ3v) is 3.97. The second-order valence-corrected chi connectivity index (χ2v) is 6.96. The van der Waals surface area contributed by atoms with Gasteiger partial charge >= 0.3 is 5.97 Å². The lowest BCUT2D eigenvalue weighted by Crippen LogP contribution is -2.45. The van der Waals surface area contributed by atoms with Gasteiger partial charge in [0.2, 0.25) is 0 Å². The molecule has 0 unspecified atom stereocenters. The lowest BCUT2D eigenvalue weighted by atomic mass is 10.0. The molecule has 1 aromatic carbocycles. The van der Waals surface area contributed by atoms with Gasteiger partial charge in [0.1, 0.15) is 11.8 Å². The van der Waals surface area contributed by atoms with E-state index in [2.05, 4.69) is 15.5 Å². The second-order valence-electron chi connectivity index (χ2n) is 6.96. The molecule has 0 spiro atoms. The second kappa shape index (κ2) is 9.87. The van der Waals surface area contributed by atoms with Crippen LogP contribution in [0.1, 0.15) is 62.6 Å². The van der Waals surface area contributed by atoms with Gasteiger partial charge < -0.3 is 19.3 Å². The minimum atomic E-state index is -0.799. The highest BCUT2D eigenvalue weighted by molar-refractivity contribution is 5.96. The summed E-state index contributed by atoms with van der Waals surface area (Å²) < 4.78 is 15.7. The zero-order valence-corrected chi connectivity index (χ0v) is 16.9. The number of carbonyl (C=O) groups excluding carboxylic acids is 2. The molecule has 1 atom stereocenters. The molecular formula is C20H27N3O5. The van der Waals surface area contributed by atoms with Gasteiger partial charge in [-0.05, 0) is 37.1 Å². The van der Waals surface area contributed by atoms with Crippen molar-refractivity contribution in [3.8, 4) is 5.75 Å². The Labute approximate surface area is 164 Å². The number of esters is 1. The molecule has 0 aliphatic carbocycles. The highest BCUT2D eigenvalue weighted by Gasteiger charge is 2.27. The summed E-state index contributed by atoms with van der Waals surface area (Å²) >= 11 is 0. The molecule has 28 heavy (non-hydrogen) atoms. The standard InChI is InChI=1S/C20H27N3O5/c1-6-26-15-9-7-14(8-10-15)19(24)22-17(12(2)3)20(25)27-11-16-21-18(13(4)5)23-28-16/h7-10,12-13,17H,6,11H2,1-5H3,(H,22,24)/t17-/m0/s1. The molecule has 1 aromatic heterocycles. The van der Waals surface area contributed by atoms with Gasteiger partial charge in [0.15, 0.2) is 12.4 Å². The molecule has 0 saturated heterocycles. The number of aromatic nitrogens is 2. The van der Waals surface area contributed by atoms with E-state index in [4.69, 9.17) is 14.0 Å². The van der Waals surface area contributed by atoms with Gasteiger partial charge in [0.25, 0.3) is 11.8 Å². The number of benzene rings is 1. The number of hydrogen-bond acceptors (Lipinski definition) is 7. The van der Waals surface area contributed by atoms with Crippen molar-refractivity contribution in [2.75, 3.05) is 6.61 Å². The summed E-state index contributed by atoms with van der Waals surface area (Å²) in [7, 11) is 0. The quantitative estimate of drug-likeness (QED) is 0.657. The highest BCUT2D eigenvalue weighted by atomic mass is 16.6. The van der Waals surface area contributed by atoms with Gasteiger partial charge in [0, 0.05) is 11.5 Å². The van der Waals surface area contributed by atoms with E-state index in [0.717, 1.165) is 0 Å². The van der Waals surface area contributed by atoms with Crippen molar-refractivity contribution >= 4 is 11.9 Å². The molecule has 8 nitrogen and oxygen atoms in total. The fraction of sp³-hybridized carbons (Fsp3) is 0.500. The Balaban J connectivity index is 1.96. The molecule has 2 rings (SSSR count). The van der Waals surface area contributed by atoms with Crippen LogP contribution in [0.15, 0.2) is 28.8 Å². The van der Waals surface area contributed by atoms with Crippen LogP contribution in [0.2, 0.25) is 0 Å². The Bertz CT molecular complexity index is 783. The normalized spacial score (nSPS) is 12.1. The van der Waals surface area contributed by atoms with E-state index < -0.39 is 12.0 Å². The topological polar surface area (TPSA) is 104 Å². The van der Waals surface area contributed by atoms with E-state index in [1.165, 1.54) is 0 Å². The maximum absolute atomic E-state index is 12.5. The van der Waals surface area contributed by atoms with Gasteiger partial charge in [-0.1, -0.05) is 32.9 Å². The Morgan fingerprint density at radius 3 is 2.36 bits per heavy atom. The van der Waals surface area contributed by atoms with E-state index in [9.17, 15) is 9.59 Å². The SMILES string of the molecule is CCOc1ccc(C(=O)N[C@H](C(=O)OCc2nc(C(C)C)no2)C(C)C)cc1. The highest BCUT2D eigenvalue weighted by Crippen LogP contribution is 2.14. The first kappa shape index (κ1) is 21.4. The number of carbonyl (C=O) groups is 2. The van der Waals surface area contributed by atoms with Gasteiger partial charge in [0.05, 0.1) is 6.61 Å². The van der Waals surface area contributed by atoms with Crippen molar-refractivity contribution in [3.63, 3.8) is 0 Å². The van der Waals surface area contributed by atoms with Gasteiger partial charge in [-0.3, -0.25) is 4.79 Å². The number of hydrogen-bond donors (Lipinski definition) is 1. The lowest BCUT2D eigenvalue weighted by molar-refractivity contribution is -0.149. The molecule has 8 heteroatoms. The van der Waals surface area contributed by atoms with Crippen LogP contribution < -0.4 is 10.1 Å². The lowest BCUT2D eigenvalue weighted by Gasteiger charge is -2.20. The van der Waals surface area contributed by atoms with Crippen LogP contribution in [0.4, 0.5) is 0 Å². The molecule has 1 heterocycles. The van der Waals surface area contributed by atoms with Gasteiger partial charge in [-0.15, -0.1) is 0 Å². The van der Waals surface area contributed by atoms with E-state index >= 15 is 0 Å². The molecule has 0 radical (unpaired) electrons. The number of nitrogens with one attached hydrogen (secondary N) is 1. The van der Waals surface area contributed by atoms with E-state index in [-0.39, 0.29) is 30.2 Å². The summed E-state index contributed by atoms with van der Waals surface area (Å²) in [6.07, 6.45) is 0. The summed E-state index contributed by atoms with van der Waals surface area (Å²) in [5.41, 5.74) is 0.431. The van der Waals surface area contributed by atoms with Crippen LogP contribution in [0.5, 0.6) is 5.75 Å². The number of nitrogens with zero attached hydrogens (tertiary/aromatic N) is 2. The summed E-state index contributed by atoms with van der Waals surface area (Å²) in [4.78, 5) is 29.1. The van der Waals surface area contributed by atoms with Crippen LogP contribution in [-0.2, 0) is 16.1 Å². The number of rotatable bonds is 9. The minimum Gasteiger partial charge on any atom is -0.494 e. The predicted octanol–water partition coefficient (Wildman–Crippen LogP) is 3.09. The molecule has 0 bridgehead atoms. The van der Waals surface area contributed by atoms with Crippen LogP contribution in [-0.4, -0.2) is 34.7 Å². The summed E-state index contributed by atoms with van der Waals surface area (Å²) in [6, 6.07) is 5.92. The summed E-state index contributed by atoms with van der Waals surface area (Å²) in [5.74, 6) is 0.488. The average molecular weight is 389 g/mol. The van der Waals surface area contributed by atoms with Crippen LogP contribution >= 0.6 is 0 Å². The minimum absolute atomic E-state index is 0.116. The first-order valence-electron chi connectivity index (χ1n) is 9.34. The van der Waals surface area contributed by atoms with Gasteiger partial charge in [-0.25, -0.2) is 4.79 Å². The third kappa shape index (κ3) is 5.80. The molecule has 0 fully saturated rings. The zero-order valence-electron chi connectivity index (χ0n) is 16.9. The molecule has 0 saturated carbocycles. The number of amides is 1. The van der Waals surface area contributed by atoms with Crippen molar-refractivity contribution < 1.29 is 23.6 Å². The van der Waals surface area contributed by atoms with E-state index in [1.807, 2.05) is 34.6 Å². The van der Waals surface area contributed by atoms with Crippen molar-refractivity contribution in [2.24, 2.45) is 5.92 Å². The monoisotopic (exact) mass is 389 g/mol. The predicted molar refractivity (Wildman–Crippen MR) is 102 cm³/mol. The van der Waals surface area contributed by atoms with Crippen molar-refractivity contribution in [1.29, 1.82) is 0 Å². The van der Waals surface area contributed by atoms with Crippen LogP contribution in [0.25, 0.3) is 0 Å². The summed E-state index contributed by atoms with van der Waals surface area (Å²) in [5, 5.41) is 6.55. The Hall–Kier alpha value is -2.90. The van der Waals surface area contributed by atoms with Crippen LogP contribution in [0, 0.1) is 5.92 Å². The third-order valence-electron chi connectivity index (χ3n) is 3.97. The first-order chi connectivity index (χ1) is 13.3. The molecule has 1 N–H and O–H groups in total. The number of ether oxygens (including phenoxy) is 2. The van der Waals surface area contributed by atoms with E-state index in [1.54, 1.807) is 24.3 Å². The largest absolute Gasteiger partial charge is 0.494 e. The zero-order chi connectivity index (χ0) is 20.7. The van der Waals surface area contributed by atoms with Crippen molar-refractivity contribution in [3.05, 3.63) is 41.5 Å². The molecule has 1 amide bonds. The fourth-order valence-electron chi connectivity index (χ4n) is 2.38. The molecule has 152 valence electrons. The Morgan fingerprint density at radius 2 is 1.82 bits per heavy atom. The average Bonchev–Trinajstić information content (AvgIpc) is 3.14. The van der Waals surface area contributed by atoms with Crippen molar-refractivity contribution in [2.45, 2.75) is 53.2 Å². The molecular weight excluding hydrogens is 362 g/mol. The van der Waals surface area contributed by atoms with Crippen molar-refractivity contribution in [1.82, 2.24) is 15.5 Å². The first-order valence-corrected chi connectivity index (χ1v) is 9.34. The molecule has 0 aliphatic rings. The summed E-state index contributed by atoms with van der Waals surface area (Å²) in [6.45, 7) is 9.82. The van der Waals surface area contributed by atoms with Crippen LogP contribution in [0.3, 0.4) is 0 Å². The fourth-order valence-corrected chi connectivity index (χ4v) is 2.38.